The zero-order valence-corrected chi connectivity index (χ0v) is 51.7. The summed E-state index contributed by atoms with van der Waals surface area (Å²) < 4.78 is 21.0. The number of fused-ring (bicyclic) bond motifs is 4. The summed E-state index contributed by atoms with van der Waals surface area (Å²) in [5.41, 5.74) is 2.34. The smallest absolute Gasteiger partial charge is 0.346 e. The topological polar surface area (TPSA) is 400 Å². The quantitative estimate of drug-likeness (QED) is 0.0580. The molecule has 472 valence electrons. The van der Waals surface area contributed by atoms with Crippen molar-refractivity contribution < 1.29 is 57.7 Å². The van der Waals surface area contributed by atoms with Crippen LogP contribution in [0.3, 0.4) is 0 Å². The molecule has 0 fully saturated rings. The van der Waals surface area contributed by atoms with Gasteiger partial charge in [0.2, 0.25) is 5.82 Å². The van der Waals surface area contributed by atoms with E-state index in [0.29, 0.717) is 44.2 Å². The highest BCUT2D eigenvalue weighted by Gasteiger charge is 2.20. The van der Waals surface area contributed by atoms with Gasteiger partial charge in [-0.15, -0.1) is 32.9 Å². The molecule has 0 aliphatic carbocycles. The Labute approximate surface area is 559 Å². The third-order valence-corrected chi connectivity index (χ3v) is 16.2. The van der Waals surface area contributed by atoms with Crippen molar-refractivity contribution in [2.75, 3.05) is 0 Å². The summed E-state index contributed by atoms with van der Waals surface area (Å²) in [6.07, 6.45) is 4.86. The molecule has 24 nitrogen and oxygen atoms in total. The molecule has 14 rings (SSSR count). The Morgan fingerprint density at radius 3 is 1.23 bits per heavy atom. The molecule has 0 aliphatic heterocycles. The molecule has 0 unspecified atom stereocenters. The lowest BCUT2D eigenvalue weighted by Gasteiger charge is -2.01. The second-order valence-corrected chi connectivity index (χ2v) is 22.6. The maximum absolute atomic E-state index is 11.0. The van der Waals surface area contributed by atoms with Gasteiger partial charge in [-0.2, -0.15) is 31.0 Å². The van der Waals surface area contributed by atoms with E-state index >= 15 is 0 Å². The summed E-state index contributed by atoms with van der Waals surface area (Å²) in [6, 6.07) is 68.3. The van der Waals surface area contributed by atoms with Gasteiger partial charge in [-0.3, -0.25) is 0 Å². The monoisotopic (exact) mass is 1330 g/mol. The molecule has 0 atom stereocenters. The van der Waals surface area contributed by atoms with Gasteiger partial charge in [0.1, 0.15) is 52.3 Å². The maximum atomic E-state index is 11.0. The SMILES string of the molecule is N#C/C(=C/c1ccc(-c2nnoc2-c2ccc3ccccc3c2)s1)C(=O)O.N#C/C(=C/c1ccc(-c2noc(-c3ccc4ccccc4c3)n2)s1)C(=O)O.N#C/C(=C/c1nnoc1-c1ccc2ccccc2c1)C(=O)O.N#C/C(=C/c1noc(-c2ccc3ccccc3c2)n1)C(=O)O. The van der Waals surface area contributed by atoms with Crippen molar-refractivity contribution in [2.45, 2.75) is 0 Å². The van der Waals surface area contributed by atoms with E-state index in [1.165, 1.54) is 34.8 Å². The number of carbonyl (C=O) groups is 4. The Morgan fingerprint density at radius 2 is 0.755 bits per heavy atom. The molecule has 0 spiro atoms. The van der Waals surface area contributed by atoms with Crippen molar-refractivity contribution >= 4 is 114 Å². The Bertz CT molecular complexity index is 5720. The van der Waals surface area contributed by atoms with Crippen molar-refractivity contribution in [3.63, 3.8) is 0 Å². The number of hydrogen-bond donors (Lipinski definition) is 4. The fourth-order valence-corrected chi connectivity index (χ4v) is 11.2. The summed E-state index contributed by atoms with van der Waals surface area (Å²) in [6.45, 7) is 0. The van der Waals surface area contributed by atoms with Gasteiger partial charge in [-0.25, -0.2) is 19.2 Å². The lowest BCUT2D eigenvalue weighted by molar-refractivity contribution is -0.133. The van der Waals surface area contributed by atoms with Crippen LogP contribution in [0.1, 0.15) is 21.3 Å². The molecule has 8 aromatic carbocycles. The van der Waals surface area contributed by atoms with Crippen LogP contribution in [0.5, 0.6) is 0 Å². The number of rotatable bonds is 14. The number of hydrogen-bond acceptors (Lipinski definition) is 22. The number of benzene rings is 8. The fourth-order valence-electron chi connectivity index (χ4n) is 9.42. The summed E-state index contributed by atoms with van der Waals surface area (Å²) in [7, 11) is 0. The molecule has 0 radical (unpaired) electrons. The lowest BCUT2D eigenvalue weighted by atomic mass is 10.0. The van der Waals surface area contributed by atoms with Gasteiger partial charge in [0.15, 0.2) is 23.0 Å². The molecule has 6 aromatic heterocycles. The number of aliphatic carboxylic acids is 4. The molecule has 0 bridgehead atoms. The van der Waals surface area contributed by atoms with Crippen molar-refractivity contribution in [1.82, 2.24) is 41.0 Å². The zero-order chi connectivity index (χ0) is 68.7. The minimum atomic E-state index is -1.33. The molecule has 0 aliphatic rings. The molecule has 6 heterocycles. The van der Waals surface area contributed by atoms with Crippen molar-refractivity contribution in [3.8, 4) is 91.1 Å². The van der Waals surface area contributed by atoms with Crippen molar-refractivity contribution in [2.24, 2.45) is 0 Å². The van der Waals surface area contributed by atoms with E-state index in [9.17, 15) is 19.2 Å². The first kappa shape index (κ1) is 65.1. The van der Waals surface area contributed by atoms with E-state index in [1.54, 1.807) is 48.5 Å². The Kier molecular flexibility index (Phi) is 19.8. The van der Waals surface area contributed by atoms with Crippen molar-refractivity contribution in [1.29, 1.82) is 21.0 Å². The first-order valence-electron chi connectivity index (χ1n) is 28.5. The second-order valence-electron chi connectivity index (χ2n) is 20.4. The molecule has 0 saturated heterocycles. The molecule has 14 aromatic rings. The number of carboxylic acid groups (broad SMARTS) is 4. The van der Waals surface area contributed by atoms with Crippen LogP contribution < -0.4 is 0 Å². The van der Waals surface area contributed by atoms with E-state index < -0.39 is 35.0 Å². The molecule has 0 saturated carbocycles. The number of nitrogens with zero attached hydrogens (tertiary/aromatic N) is 12. The summed E-state index contributed by atoms with van der Waals surface area (Å²) >= 11 is 2.59. The van der Waals surface area contributed by atoms with Crippen LogP contribution in [-0.4, -0.2) is 85.3 Å². The van der Waals surface area contributed by atoms with Crippen LogP contribution >= 0.6 is 22.7 Å². The average Bonchev–Trinajstić information content (AvgIpc) is 1.84. The molecular formula is C72H40N12O12S2. The molecule has 4 N–H and O–H groups in total. The van der Waals surface area contributed by atoms with E-state index in [-0.39, 0.29) is 28.6 Å². The highest BCUT2D eigenvalue weighted by atomic mass is 32.1. The normalized spacial score (nSPS) is 11.4. The van der Waals surface area contributed by atoms with Crippen LogP contribution in [-0.2, 0) is 19.2 Å². The lowest BCUT2D eigenvalue weighted by Crippen LogP contribution is -1.97. The van der Waals surface area contributed by atoms with Gasteiger partial charge in [0, 0.05) is 48.6 Å². The molecule has 98 heavy (non-hydrogen) atoms. The number of nitriles is 4. The van der Waals surface area contributed by atoms with E-state index in [4.69, 9.17) is 59.6 Å². The second kappa shape index (κ2) is 29.9. The minimum absolute atomic E-state index is 0.0436. The Balaban J connectivity index is 0.000000133. The summed E-state index contributed by atoms with van der Waals surface area (Å²) in [5.74, 6) is -3.19. The largest absolute Gasteiger partial charge is 0.477 e. The number of thiophene rings is 2. The van der Waals surface area contributed by atoms with Crippen LogP contribution in [0.2, 0.25) is 0 Å². The zero-order valence-electron chi connectivity index (χ0n) is 50.0. The number of aromatic nitrogens is 8. The van der Waals surface area contributed by atoms with E-state index in [2.05, 4.69) is 41.0 Å². The summed E-state index contributed by atoms with van der Waals surface area (Å²) in [4.78, 5) is 54.9. The predicted molar refractivity (Wildman–Crippen MR) is 360 cm³/mol. The Hall–Kier alpha value is -14.4. The number of carboxylic acids is 4. The van der Waals surface area contributed by atoms with Gasteiger partial charge in [-0.1, -0.05) is 144 Å². The standard InChI is InChI=1S/2C20H11N3O3S.2C16H9N3O3/c21-11-15(20(24)25)10-16-7-8-17(27-16)18-22-19(26-23-18)14-6-5-12-3-1-2-4-13(12)9-14;21-11-15(20(24)25)10-16-7-8-17(27-16)18-19(26-23-22-18)14-6-5-12-3-1-2-4-13(12)9-14;17-9-13(16(20)21)8-14-18-15(22-19-14)12-6-5-10-3-1-2-4-11(10)7-12;17-9-13(16(20)21)8-14-15(22-19-18-14)12-6-5-10-3-1-2-4-11(10)7-12/h2*1-10H,(H,24,25);2*1-8H,(H,20,21)/b2*15-10-;2*13-8-. The molecular weight excluding hydrogens is 1290 g/mol. The van der Waals surface area contributed by atoms with E-state index in [1.807, 2.05) is 170 Å². The van der Waals surface area contributed by atoms with Gasteiger partial charge >= 0.3 is 23.9 Å². The fraction of sp³-hybridized carbons (Fsp3) is 0. The first-order chi connectivity index (χ1) is 47.6. The highest BCUT2D eigenvalue weighted by Crippen LogP contribution is 2.37. The highest BCUT2D eigenvalue weighted by molar-refractivity contribution is 7.16. The van der Waals surface area contributed by atoms with Gasteiger partial charge in [0.05, 0.1) is 9.75 Å². The van der Waals surface area contributed by atoms with E-state index in [0.717, 1.165) is 81.7 Å². The third kappa shape index (κ3) is 15.4. The average molecular weight is 1330 g/mol. The first-order valence-corrected chi connectivity index (χ1v) is 30.2. The van der Waals surface area contributed by atoms with Crippen LogP contribution in [0, 0.1) is 45.3 Å². The van der Waals surface area contributed by atoms with Crippen molar-refractivity contribution in [3.05, 3.63) is 238 Å². The minimum Gasteiger partial charge on any atom is -0.477 e. The third-order valence-electron chi connectivity index (χ3n) is 14.1. The van der Waals surface area contributed by atoms with Gasteiger partial charge < -0.3 is 38.5 Å². The van der Waals surface area contributed by atoms with Crippen LogP contribution in [0.15, 0.2) is 235 Å². The van der Waals surface area contributed by atoms with Gasteiger partial charge in [0.25, 0.3) is 11.8 Å². The van der Waals surface area contributed by atoms with Crippen LogP contribution in [0.4, 0.5) is 0 Å². The predicted octanol–water partition coefficient (Wildman–Crippen LogP) is 15.0. The van der Waals surface area contributed by atoms with Gasteiger partial charge in [-0.05, 0) is 122 Å². The molecule has 0 amide bonds. The Morgan fingerprint density at radius 1 is 0.378 bits per heavy atom. The summed E-state index contributed by atoms with van der Waals surface area (Å²) in [5, 5.41) is 102. The maximum Gasteiger partial charge on any atom is 0.346 e. The van der Waals surface area contributed by atoms with Crippen LogP contribution in [0.25, 0.3) is 134 Å². The molecule has 26 heteroatoms.